The summed E-state index contributed by atoms with van der Waals surface area (Å²) in [6.07, 6.45) is 5.21. The Bertz CT molecular complexity index is 429. The van der Waals surface area contributed by atoms with Crippen LogP contribution < -0.4 is 5.32 Å². The highest BCUT2D eigenvalue weighted by Gasteiger charge is 2.13. The molecule has 3 nitrogen and oxygen atoms in total. The number of nitrogens with one attached hydrogen (secondary N) is 1. The summed E-state index contributed by atoms with van der Waals surface area (Å²) in [6, 6.07) is 2.27. The van der Waals surface area contributed by atoms with Gasteiger partial charge in [-0.25, -0.2) is 9.97 Å². The Labute approximate surface area is 101 Å². The van der Waals surface area contributed by atoms with Crippen LogP contribution in [0.25, 0.3) is 0 Å². The fourth-order valence-corrected chi connectivity index (χ4v) is 2.66. The largest absolute Gasteiger partial charge is 0.309 e. The fraction of sp³-hybridized carbons (Fsp3) is 0.200. The van der Waals surface area contributed by atoms with Crippen LogP contribution in [-0.4, -0.2) is 17.0 Å². The average Bonchev–Trinajstić information content (AvgIpc) is 2.68. The molecular weight excluding hydrogens is 274 g/mol. The summed E-state index contributed by atoms with van der Waals surface area (Å²) in [7, 11) is 1.93. The maximum Gasteiger partial charge on any atom is 0.115 e. The molecule has 2 aromatic rings. The van der Waals surface area contributed by atoms with Crippen LogP contribution >= 0.6 is 27.3 Å². The highest BCUT2D eigenvalue weighted by Crippen LogP contribution is 2.28. The second-order valence-electron chi connectivity index (χ2n) is 3.08. The van der Waals surface area contributed by atoms with Crippen LogP contribution in [0.4, 0.5) is 0 Å². The summed E-state index contributed by atoms with van der Waals surface area (Å²) < 4.78 is 1.13. The number of aromatic nitrogens is 2. The lowest BCUT2D eigenvalue weighted by Crippen LogP contribution is -2.17. The number of hydrogen-bond donors (Lipinski definition) is 1. The minimum Gasteiger partial charge on any atom is -0.309 e. The van der Waals surface area contributed by atoms with Crippen LogP contribution in [-0.2, 0) is 0 Å². The minimum absolute atomic E-state index is 0.161. The first-order chi connectivity index (χ1) is 7.31. The Balaban J connectivity index is 2.33. The van der Waals surface area contributed by atoms with Gasteiger partial charge in [0.1, 0.15) is 6.33 Å². The highest BCUT2D eigenvalue weighted by atomic mass is 79.9. The predicted molar refractivity (Wildman–Crippen MR) is 65.0 cm³/mol. The van der Waals surface area contributed by atoms with E-state index >= 15 is 0 Å². The van der Waals surface area contributed by atoms with Gasteiger partial charge in [0, 0.05) is 18.0 Å². The Morgan fingerprint density at radius 3 is 2.60 bits per heavy atom. The molecule has 2 aromatic heterocycles. The van der Waals surface area contributed by atoms with E-state index in [-0.39, 0.29) is 6.04 Å². The molecule has 0 bridgehead atoms. The summed E-state index contributed by atoms with van der Waals surface area (Å²) in [5.74, 6) is 0. The van der Waals surface area contributed by atoms with Crippen molar-refractivity contribution in [1.29, 1.82) is 0 Å². The van der Waals surface area contributed by atoms with E-state index in [0.29, 0.717) is 0 Å². The first-order valence-electron chi connectivity index (χ1n) is 4.47. The highest BCUT2D eigenvalue weighted by molar-refractivity contribution is 9.11. The summed E-state index contributed by atoms with van der Waals surface area (Å²) in [5.41, 5.74) is 2.30. The molecule has 0 saturated heterocycles. The molecule has 15 heavy (non-hydrogen) atoms. The van der Waals surface area contributed by atoms with Crippen LogP contribution in [0.1, 0.15) is 17.2 Å². The third-order valence-corrected chi connectivity index (χ3v) is 3.65. The molecule has 0 amide bonds. The van der Waals surface area contributed by atoms with Gasteiger partial charge < -0.3 is 5.32 Å². The zero-order chi connectivity index (χ0) is 10.7. The lowest BCUT2D eigenvalue weighted by Gasteiger charge is -2.13. The van der Waals surface area contributed by atoms with E-state index in [4.69, 9.17) is 0 Å². The van der Waals surface area contributed by atoms with Crippen molar-refractivity contribution in [3.05, 3.63) is 45.1 Å². The van der Waals surface area contributed by atoms with E-state index in [9.17, 15) is 0 Å². The van der Waals surface area contributed by atoms with E-state index in [2.05, 4.69) is 42.7 Å². The molecule has 2 rings (SSSR count). The van der Waals surface area contributed by atoms with Crippen molar-refractivity contribution in [2.24, 2.45) is 0 Å². The molecule has 5 heteroatoms. The lowest BCUT2D eigenvalue weighted by molar-refractivity contribution is 0.687. The molecule has 0 aliphatic rings. The van der Waals surface area contributed by atoms with E-state index in [1.807, 2.05) is 19.4 Å². The van der Waals surface area contributed by atoms with Crippen molar-refractivity contribution in [2.45, 2.75) is 6.04 Å². The normalized spacial score (nSPS) is 12.7. The summed E-state index contributed by atoms with van der Waals surface area (Å²) in [4.78, 5) is 8.05. The maximum atomic E-state index is 4.03. The van der Waals surface area contributed by atoms with Crippen molar-refractivity contribution >= 4 is 27.3 Å². The molecule has 1 atom stereocenters. The van der Waals surface area contributed by atoms with Gasteiger partial charge >= 0.3 is 0 Å². The number of halogens is 1. The van der Waals surface area contributed by atoms with Crippen LogP contribution in [0, 0.1) is 0 Å². The second kappa shape index (κ2) is 4.83. The molecule has 0 aromatic carbocycles. The SMILES string of the molecule is CNC(c1cncnc1)c1csc(Br)c1. The molecular formula is C10H10BrN3S. The summed E-state index contributed by atoms with van der Waals surface area (Å²) in [6.45, 7) is 0. The van der Waals surface area contributed by atoms with Gasteiger partial charge in [-0.1, -0.05) is 0 Å². The van der Waals surface area contributed by atoms with E-state index < -0.39 is 0 Å². The molecule has 0 aliphatic heterocycles. The topological polar surface area (TPSA) is 37.8 Å². The monoisotopic (exact) mass is 283 g/mol. The van der Waals surface area contributed by atoms with Crippen LogP contribution in [0.5, 0.6) is 0 Å². The van der Waals surface area contributed by atoms with E-state index in [0.717, 1.165) is 9.35 Å². The number of hydrogen-bond acceptors (Lipinski definition) is 4. The summed E-state index contributed by atoms with van der Waals surface area (Å²) in [5, 5.41) is 5.38. The van der Waals surface area contributed by atoms with Gasteiger partial charge in [-0.05, 0) is 40.0 Å². The predicted octanol–water partition coefficient (Wildman–Crippen LogP) is 2.61. The van der Waals surface area contributed by atoms with Gasteiger partial charge in [-0.2, -0.15) is 0 Å². The Morgan fingerprint density at radius 1 is 1.33 bits per heavy atom. The number of nitrogens with zero attached hydrogens (tertiary/aromatic N) is 2. The molecule has 1 unspecified atom stereocenters. The van der Waals surface area contributed by atoms with Gasteiger partial charge in [0.25, 0.3) is 0 Å². The standard InChI is InChI=1S/C10H10BrN3S/c1-12-10(7-2-9(11)15-5-7)8-3-13-6-14-4-8/h2-6,10,12H,1H3. The lowest BCUT2D eigenvalue weighted by atomic mass is 10.1. The fourth-order valence-electron chi connectivity index (χ4n) is 1.46. The van der Waals surface area contributed by atoms with Crippen LogP contribution in [0.3, 0.4) is 0 Å². The summed E-state index contributed by atoms with van der Waals surface area (Å²) >= 11 is 5.14. The molecule has 0 radical (unpaired) electrons. The number of thiophene rings is 1. The van der Waals surface area contributed by atoms with Crippen molar-refractivity contribution in [1.82, 2.24) is 15.3 Å². The van der Waals surface area contributed by atoms with E-state index in [1.54, 1.807) is 17.7 Å². The van der Waals surface area contributed by atoms with Crippen molar-refractivity contribution in [3.63, 3.8) is 0 Å². The minimum atomic E-state index is 0.161. The van der Waals surface area contributed by atoms with Crippen molar-refractivity contribution in [2.75, 3.05) is 7.05 Å². The molecule has 0 saturated carbocycles. The second-order valence-corrected chi connectivity index (χ2v) is 5.37. The van der Waals surface area contributed by atoms with Gasteiger partial charge in [-0.3, -0.25) is 0 Å². The van der Waals surface area contributed by atoms with Crippen LogP contribution in [0.2, 0.25) is 0 Å². The Hall–Kier alpha value is -0.780. The third-order valence-electron chi connectivity index (χ3n) is 2.12. The zero-order valence-electron chi connectivity index (χ0n) is 8.14. The third kappa shape index (κ3) is 2.42. The van der Waals surface area contributed by atoms with Crippen LogP contribution in [0.15, 0.2) is 34.0 Å². The molecule has 0 fully saturated rings. The van der Waals surface area contributed by atoms with Gasteiger partial charge in [0.15, 0.2) is 0 Å². The van der Waals surface area contributed by atoms with E-state index in [1.165, 1.54) is 5.56 Å². The molecule has 0 aliphatic carbocycles. The van der Waals surface area contributed by atoms with Gasteiger partial charge in [0.05, 0.1) is 9.83 Å². The molecule has 1 N–H and O–H groups in total. The molecule has 0 spiro atoms. The van der Waals surface area contributed by atoms with Gasteiger partial charge in [0.2, 0.25) is 0 Å². The zero-order valence-corrected chi connectivity index (χ0v) is 10.5. The quantitative estimate of drug-likeness (QED) is 0.941. The van der Waals surface area contributed by atoms with Crippen molar-refractivity contribution in [3.8, 4) is 0 Å². The first-order valence-corrected chi connectivity index (χ1v) is 6.14. The average molecular weight is 284 g/mol. The van der Waals surface area contributed by atoms with Gasteiger partial charge in [-0.15, -0.1) is 11.3 Å². The Morgan fingerprint density at radius 2 is 2.07 bits per heavy atom. The maximum absolute atomic E-state index is 4.03. The Kier molecular flexibility index (Phi) is 3.45. The number of rotatable bonds is 3. The molecule has 78 valence electrons. The van der Waals surface area contributed by atoms with Crippen molar-refractivity contribution < 1.29 is 0 Å². The molecule has 2 heterocycles. The first kappa shape index (κ1) is 10.7. The smallest absolute Gasteiger partial charge is 0.115 e.